The lowest BCUT2D eigenvalue weighted by atomic mass is 10.1. The number of ether oxygens (including phenoxy) is 3. The zero-order valence-corrected chi connectivity index (χ0v) is 15.9. The number of benzene rings is 3. The van der Waals surface area contributed by atoms with Crippen LogP contribution in [0.2, 0.25) is 5.02 Å². The largest absolute Gasteiger partial charge is 0.454 e. The van der Waals surface area contributed by atoms with E-state index in [4.69, 9.17) is 25.8 Å². The van der Waals surface area contributed by atoms with Gasteiger partial charge in [0.2, 0.25) is 6.79 Å². The van der Waals surface area contributed by atoms with Crippen LogP contribution in [0.4, 0.5) is 0 Å². The summed E-state index contributed by atoms with van der Waals surface area (Å²) in [6, 6.07) is 18.4. The van der Waals surface area contributed by atoms with Crippen molar-refractivity contribution in [3.63, 3.8) is 0 Å². The standard InChI is InChI=1S/C23H15ClO5/c24-18-7-4-16(5-8-18)20(25)11-3-15-1-9-19(10-2-15)29-23(26)17-6-12-21-22(13-17)28-14-27-21/h1-13H,14H2/b11-3+. The predicted molar refractivity (Wildman–Crippen MR) is 109 cm³/mol. The molecular weight excluding hydrogens is 392 g/mol. The van der Waals surface area contributed by atoms with Gasteiger partial charge >= 0.3 is 5.97 Å². The fourth-order valence-electron chi connectivity index (χ4n) is 2.72. The Morgan fingerprint density at radius 1 is 0.862 bits per heavy atom. The van der Waals surface area contributed by atoms with E-state index >= 15 is 0 Å². The highest BCUT2D eigenvalue weighted by Gasteiger charge is 2.17. The number of halogens is 1. The molecule has 4 rings (SSSR count). The van der Waals surface area contributed by atoms with Gasteiger partial charge in [-0.15, -0.1) is 0 Å². The van der Waals surface area contributed by atoms with Gasteiger partial charge in [0.25, 0.3) is 0 Å². The van der Waals surface area contributed by atoms with Crippen LogP contribution in [0, 0.1) is 0 Å². The molecule has 0 amide bonds. The van der Waals surface area contributed by atoms with Gasteiger partial charge in [0, 0.05) is 10.6 Å². The molecule has 0 spiro atoms. The van der Waals surface area contributed by atoms with E-state index in [-0.39, 0.29) is 12.6 Å². The summed E-state index contributed by atoms with van der Waals surface area (Å²) in [4.78, 5) is 24.5. The molecular formula is C23H15ClO5. The summed E-state index contributed by atoms with van der Waals surface area (Å²) in [6.45, 7) is 0.142. The smallest absolute Gasteiger partial charge is 0.343 e. The second kappa shape index (κ2) is 8.20. The summed E-state index contributed by atoms with van der Waals surface area (Å²) in [5.74, 6) is 0.898. The van der Waals surface area contributed by atoms with Gasteiger partial charge in [0.1, 0.15) is 5.75 Å². The van der Waals surface area contributed by atoms with Gasteiger partial charge in [-0.1, -0.05) is 29.8 Å². The lowest BCUT2D eigenvalue weighted by molar-refractivity contribution is 0.0734. The average molecular weight is 407 g/mol. The van der Waals surface area contributed by atoms with Crippen LogP contribution in [-0.2, 0) is 0 Å². The second-order valence-electron chi connectivity index (χ2n) is 6.23. The molecule has 29 heavy (non-hydrogen) atoms. The first-order chi connectivity index (χ1) is 14.1. The summed E-state index contributed by atoms with van der Waals surface area (Å²) in [6.07, 6.45) is 3.18. The van der Waals surface area contributed by atoms with Gasteiger partial charge in [-0.25, -0.2) is 4.79 Å². The van der Waals surface area contributed by atoms with E-state index in [2.05, 4.69) is 0 Å². The number of esters is 1. The Morgan fingerprint density at radius 3 is 2.31 bits per heavy atom. The average Bonchev–Trinajstić information content (AvgIpc) is 3.21. The molecule has 0 saturated heterocycles. The van der Waals surface area contributed by atoms with Crippen LogP contribution in [0.15, 0.2) is 72.8 Å². The summed E-state index contributed by atoms with van der Waals surface area (Å²) >= 11 is 5.83. The van der Waals surface area contributed by atoms with Crippen molar-refractivity contribution >= 4 is 29.4 Å². The minimum absolute atomic E-state index is 0.125. The second-order valence-corrected chi connectivity index (χ2v) is 6.67. The maximum Gasteiger partial charge on any atom is 0.343 e. The van der Waals surface area contributed by atoms with E-state index in [1.807, 2.05) is 0 Å². The van der Waals surface area contributed by atoms with Crippen LogP contribution in [0.5, 0.6) is 17.2 Å². The van der Waals surface area contributed by atoms with Crippen LogP contribution in [0.1, 0.15) is 26.3 Å². The predicted octanol–water partition coefficient (Wildman–Crippen LogP) is 5.18. The summed E-state index contributed by atoms with van der Waals surface area (Å²) in [5, 5.41) is 0.580. The number of carbonyl (C=O) groups is 2. The number of fused-ring (bicyclic) bond motifs is 1. The summed E-state index contributed by atoms with van der Waals surface area (Å²) in [5.41, 5.74) is 1.72. The Labute approximate surface area is 172 Å². The van der Waals surface area contributed by atoms with E-state index < -0.39 is 5.97 Å². The molecule has 1 heterocycles. The molecule has 3 aromatic rings. The molecule has 1 aliphatic rings. The van der Waals surface area contributed by atoms with Gasteiger partial charge in [-0.3, -0.25) is 4.79 Å². The van der Waals surface area contributed by atoms with E-state index in [0.717, 1.165) is 5.56 Å². The van der Waals surface area contributed by atoms with Crippen molar-refractivity contribution < 1.29 is 23.8 Å². The van der Waals surface area contributed by atoms with Crippen LogP contribution < -0.4 is 14.2 Å². The number of carbonyl (C=O) groups excluding carboxylic acids is 2. The lowest BCUT2D eigenvalue weighted by Crippen LogP contribution is -2.08. The van der Waals surface area contributed by atoms with E-state index in [0.29, 0.717) is 33.4 Å². The third kappa shape index (κ3) is 4.47. The Balaban J connectivity index is 1.39. The van der Waals surface area contributed by atoms with Crippen LogP contribution in [-0.4, -0.2) is 18.5 Å². The van der Waals surface area contributed by atoms with Crippen molar-refractivity contribution in [1.82, 2.24) is 0 Å². The highest BCUT2D eigenvalue weighted by molar-refractivity contribution is 6.30. The zero-order chi connectivity index (χ0) is 20.2. The number of ketones is 1. The van der Waals surface area contributed by atoms with Gasteiger partial charge < -0.3 is 14.2 Å². The van der Waals surface area contributed by atoms with E-state index in [1.165, 1.54) is 6.08 Å². The normalized spacial score (nSPS) is 12.2. The zero-order valence-electron chi connectivity index (χ0n) is 15.1. The molecule has 3 aromatic carbocycles. The molecule has 0 N–H and O–H groups in total. The minimum Gasteiger partial charge on any atom is -0.454 e. The van der Waals surface area contributed by atoms with Gasteiger partial charge in [-0.05, 0) is 66.2 Å². The lowest BCUT2D eigenvalue weighted by Gasteiger charge is -2.05. The van der Waals surface area contributed by atoms with Crippen molar-refractivity contribution in [1.29, 1.82) is 0 Å². The van der Waals surface area contributed by atoms with Crippen molar-refractivity contribution in [2.24, 2.45) is 0 Å². The number of allylic oxidation sites excluding steroid dienone is 1. The first kappa shape index (κ1) is 18.8. The summed E-state index contributed by atoms with van der Waals surface area (Å²) in [7, 11) is 0. The molecule has 0 unspecified atom stereocenters. The fraction of sp³-hybridized carbons (Fsp3) is 0.0435. The molecule has 5 nitrogen and oxygen atoms in total. The first-order valence-electron chi connectivity index (χ1n) is 8.78. The van der Waals surface area contributed by atoms with Crippen molar-refractivity contribution in [2.75, 3.05) is 6.79 Å². The topological polar surface area (TPSA) is 61.8 Å². The molecule has 0 atom stereocenters. The van der Waals surface area contributed by atoms with Gasteiger partial charge in [0.15, 0.2) is 17.3 Å². The Bertz CT molecular complexity index is 1090. The molecule has 0 aromatic heterocycles. The molecule has 0 saturated carbocycles. The number of hydrogen-bond donors (Lipinski definition) is 0. The monoisotopic (exact) mass is 406 g/mol. The highest BCUT2D eigenvalue weighted by atomic mass is 35.5. The fourth-order valence-corrected chi connectivity index (χ4v) is 2.84. The first-order valence-corrected chi connectivity index (χ1v) is 9.16. The number of rotatable bonds is 5. The Morgan fingerprint density at radius 2 is 1.55 bits per heavy atom. The van der Waals surface area contributed by atoms with E-state index in [9.17, 15) is 9.59 Å². The molecule has 144 valence electrons. The maximum absolute atomic E-state index is 12.3. The SMILES string of the molecule is O=C(/C=C/c1ccc(OC(=O)c2ccc3c(c2)OCO3)cc1)c1ccc(Cl)cc1. The van der Waals surface area contributed by atoms with Crippen LogP contribution in [0.3, 0.4) is 0 Å². The van der Waals surface area contributed by atoms with Gasteiger partial charge in [0.05, 0.1) is 5.56 Å². The van der Waals surface area contributed by atoms with Crippen LogP contribution >= 0.6 is 11.6 Å². The highest BCUT2D eigenvalue weighted by Crippen LogP contribution is 2.32. The molecule has 0 fully saturated rings. The Hall–Kier alpha value is -3.57. The third-order valence-electron chi connectivity index (χ3n) is 4.25. The summed E-state index contributed by atoms with van der Waals surface area (Å²) < 4.78 is 15.9. The molecule has 0 aliphatic carbocycles. The Kier molecular flexibility index (Phi) is 5.31. The molecule has 0 radical (unpaired) electrons. The minimum atomic E-state index is -0.496. The quantitative estimate of drug-likeness (QED) is 0.253. The number of hydrogen-bond acceptors (Lipinski definition) is 5. The van der Waals surface area contributed by atoms with Crippen molar-refractivity contribution in [3.05, 3.63) is 94.5 Å². The molecule has 0 bridgehead atoms. The van der Waals surface area contributed by atoms with Gasteiger partial charge in [-0.2, -0.15) is 0 Å². The van der Waals surface area contributed by atoms with Crippen molar-refractivity contribution in [2.45, 2.75) is 0 Å². The maximum atomic E-state index is 12.3. The van der Waals surface area contributed by atoms with Crippen molar-refractivity contribution in [3.8, 4) is 17.2 Å². The van der Waals surface area contributed by atoms with Crippen LogP contribution in [0.25, 0.3) is 6.08 Å². The molecule has 1 aliphatic heterocycles. The third-order valence-corrected chi connectivity index (χ3v) is 4.51. The van der Waals surface area contributed by atoms with E-state index in [1.54, 1.807) is 72.8 Å². The molecule has 6 heteroatoms.